The molecule has 2 aromatic rings. The topological polar surface area (TPSA) is 55.6 Å². The number of nitrogens with zero attached hydrogens (tertiary/aromatic N) is 1. The molecule has 1 amide bonds. The maximum atomic E-state index is 11.9. The Balaban J connectivity index is 1.96. The predicted octanol–water partition coefficient (Wildman–Crippen LogP) is 2.26. The fraction of sp³-hybridized carbons (Fsp3) is 0.154. The van der Waals surface area contributed by atoms with Gasteiger partial charge in [0.2, 0.25) is 0 Å². The van der Waals surface area contributed by atoms with E-state index < -0.39 is 0 Å². The van der Waals surface area contributed by atoms with Crippen LogP contribution in [0, 0.1) is 0 Å². The Morgan fingerprint density at radius 1 is 1.39 bits per heavy atom. The molecule has 0 spiro atoms. The van der Waals surface area contributed by atoms with Crippen molar-refractivity contribution < 1.29 is 9.53 Å². The normalized spacial score (nSPS) is 14.2. The van der Waals surface area contributed by atoms with Crippen LogP contribution < -0.4 is 15.4 Å². The maximum Gasteiger partial charge on any atom is 0.265 e. The van der Waals surface area contributed by atoms with Gasteiger partial charge in [0.1, 0.15) is 5.75 Å². The van der Waals surface area contributed by atoms with Crippen LogP contribution in [0.5, 0.6) is 5.75 Å². The monoisotopic (exact) mass is 260 g/mol. The second-order valence-corrected chi connectivity index (χ2v) is 4.91. The zero-order valence-corrected chi connectivity index (χ0v) is 10.4. The summed E-state index contributed by atoms with van der Waals surface area (Å²) in [5.41, 5.74) is 8.26. The smallest absolute Gasteiger partial charge is 0.265 e. The number of anilines is 2. The van der Waals surface area contributed by atoms with Crippen LogP contribution in [0.2, 0.25) is 0 Å². The molecule has 1 aromatic carbocycles. The number of fused-ring (bicyclic) bond motifs is 1. The van der Waals surface area contributed by atoms with Crippen molar-refractivity contribution in [1.29, 1.82) is 0 Å². The molecule has 0 saturated heterocycles. The molecule has 18 heavy (non-hydrogen) atoms. The number of ether oxygens (including phenoxy) is 1. The largest absolute Gasteiger partial charge is 0.481 e. The van der Waals surface area contributed by atoms with Gasteiger partial charge in [-0.15, -0.1) is 0 Å². The van der Waals surface area contributed by atoms with Gasteiger partial charge in [-0.25, -0.2) is 0 Å². The third-order valence-corrected chi connectivity index (χ3v) is 3.58. The lowest BCUT2D eigenvalue weighted by Gasteiger charge is -2.29. The summed E-state index contributed by atoms with van der Waals surface area (Å²) in [6.07, 6.45) is 0. The number of amides is 1. The summed E-state index contributed by atoms with van der Waals surface area (Å²) in [6.45, 7) is 0.642. The van der Waals surface area contributed by atoms with Crippen molar-refractivity contribution >= 4 is 28.6 Å². The van der Waals surface area contributed by atoms with Gasteiger partial charge in [-0.3, -0.25) is 4.79 Å². The van der Waals surface area contributed by atoms with Gasteiger partial charge in [0.05, 0.1) is 12.2 Å². The van der Waals surface area contributed by atoms with Gasteiger partial charge in [-0.1, -0.05) is 0 Å². The van der Waals surface area contributed by atoms with E-state index in [4.69, 9.17) is 10.5 Å². The van der Waals surface area contributed by atoms with Gasteiger partial charge in [0.15, 0.2) is 6.61 Å². The van der Waals surface area contributed by atoms with Crippen LogP contribution in [0.1, 0.15) is 5.56 Å². The number of carbonyl (C=O) groups excluding carboxylic acids is 1. The molecule has 2 heterocycles. The van der Waals surface area contributed by atoms with Crippen LogP contribution in [-0.2, 0) is 11.3 Å². The molecule has 5 heteroatoms. The minimum atomic E-state index is -0.0292. The molecule has 0 atom stereocenters. The highest BCUT2D eigenvalue weighted by atomic mass is 32.1. The number of rotatable bonds is 2. The molecule has 0 unspecified atom stereocenters. The summed E-state index contributed by atoms with van der Waals surface area (Å²) in [5, 5.41) is 4.05. The van der Waals surface area contributed by atoms with E-state index >= 15 is 0 Å². The first kappa shape index (κ1) is 11.1. The molecule has 0 fully saturated rings. The van der Waals surface area contributed by atoms with Crippen LogP contribution >= 0.6 is 11.3 Å². The molecular formula is C13H12N2O2S. The summed E-state index contributed by atoms with van der Waals surface area (Å²) in [5.74, 6) is 0.642. The van der Waals surface area contributed by atoms with Crippen molar-refractivity contribution in [3.8, 4) is 5.75 Å². The Morgan fingerprint density at radius 2 is 2.28 bits per heavy atom. The Morgan fingerprint density at radius 3 is 3.06 bits per heavy atom. The second kappa shape index (κ2) is 4.34. The van der Waals surface area contributed by atoms with Gasteiger partial charge in [-0.05, 0) is 34.5 Å². The SMILES string of the molecule is Nc1ccc2c(c1)OCC(=O)N2Cc1ccsc1. The lowest BCUT2D eigenvalue weighted by molar-refractivity contribution is -0.121. The lowest BCUT2D eigenvalue weighted by Crippen LogP contribution is -2.38. The molecule has 0 saturated carbocycles. The van der Waals surface area contributed by atoms with Gasteiger partial charge in [0, 0.05) is 11.8 Å². The molecule has 1 aromatic heterocycles. The highest BCUT2D eigenvalue weighted by molar-refractivity contribution is 7.07. The van der Waals surface area contributed by atoms with Crippen LogP contribution in [0.4, 0.5) is 11.4 Å². The Kier molecular flexibility index (Phi) is 2.68. The van der Waals surface area contributed by atoms with Crippen LogP contribution in [0.3, 0.4) is 0 Å². The minimum Gasteiger partial charge on any atom is -0.481 e. The first-order valence-corrected chi connectivity index (χ1v) is 6.52. The first-order valence-electron chi connectivity index (χ1n) is 5.58. The molecule has 3 rings (SSSR count). The number of hydrogen-bond donors (Lipinski definition) is 1. The van der Waals surface area contributed by atoms with E-state index in [1.165, 1.54) is 0 Å². The third kappa shape index (κ3) is 1.93. The average Bonchev–Trinajstić information content (AvgIpc) is 2.86. The van der Waals surface area contributed by atoms with E-state index in [1.54, 1.807) is 28.4 Å². The highest BCUT2D eigenvalue weighted by Crippen LogP contribution is 2.34. The van der Waals surface area contributed by atoms with E-state index in [-0.39, 0.29) is 12.5 Å². The van der Waals surface area contributed by atoms with E-state index in [9.17, 15) is 4.79 Å². The van der Waals surface area contributed by atoms with Crippen molar-refractivity contribution in [2.24, 2.45) is 0 Å². The van der Waals surface area contributed by atoms with Crippen molar-refractivity contribution in [3.05, 3.63) is 40.6 Å². The molecule has 0 aliphatic carbocycles. The van der Waals surface area contributed by atoms with Crippen molar-refractivity contribution in [1.82, 2.24) is 0 Å². The van der Waals surface area contributed by atoms with Crippen molar-refractivity contribution in [2.75, 3.05) is 17.2 Å². The summed E-state index contributed by atoms with van der Waals surface area (Å²) in [6, 6.07) is 7.38. The van der Waals surface area contributed by atoms with Crippen LogP contribution in [0.25, 0.3) is 0 Å². The number of nitrogen functional groups attached to an aromatic ring is 1. The Labute approximate surface area is 109 Å². The zero-order chi connectivity index (χ0) is 12.5. The van der Waals surface area contributed by atoms with Crippen LogP contribution in [-0.4, -0.2) is 12.5 Å². The molecule has 2 N–H and O–H groups in total. The van der Waals surface area contributed by atoms with Crippen molar-refractivity contribution in [3.63, 3.8) is 0 Å². The fourth-order valence-corrected chi connectivity index (χ4v) is 2.62. The molecule has 1 aliphatic rings. The zero-order valence-electron chi connectivity index (χ0n) is 9.63. The van der Waals surface area contributed by atoms with E-state index in [0.717, 1.165) is 11.3 Å². The van der Waals surface area contributed by atoms with Gasteiger partial charge in [-0.2, -0.15) is 11.3 Å². The number of thiophene rings is 1. The molecule has 1 aliphatic heterocycles. The molecule has 4 nitrogen and oxygen atoms in total. The number of benzene rings is 1. The Bertz CT molecular complexity index is 581. The molecule has 92 valence electrons. The fourth-order valence-electron chi connectivity index (χ4n) is 1.96. The second-order valence-electron chi connectivity index (χ2n) is 4.13. The maximum absolute atomic E-state index is 11.9. The van der Waals surface area contributed by atoms with E-state index in [1.807, 2.05) is 22.9 Å². The molecule has 0 radical (unpaired) electrons. The Hall–Kier alpha value is -2.01. The van der Waals surface area contributed by atoms with E-state index in [0.29, 0.717) is 18.0 Å². The van der Waals surface area contributed by atoms with Crippen molar-refractivity contribution in [2.45, 2.75) is 6.54 Å². The predicted molar refractivity (Wildman–Crippen MR) is 71.9 cm³/mol. The first-order chi connectivity index (χ1) is 8.74. The van der Waals surface area contributed by atoms with Gasteiger partial charge < -0.3 is 15.4 Å². The minimum absolute atomic E-state index is 0.0292. The summed E-state index contributed by atoms with van der Waals surface area (Å²) < 4.78 is 5.40. The quantitative estimate of drug-likeness (QED) is 0.843. The van der Waals surface area contributed by atoms with Crippen LogP contribution in [0.15, 0.2) is 35.0 Å². The number of hydrogen-bond acceptors (Lipinski definition) is 4. The number of nitrogens with two attached hydrogens (primary N) is 1. The summed E-state index contributed by atoms with van der Waals surface area (Å²) in [4.78, 5) is 13.7. The van der Waals surface area contributed by atoms with E-state index in [2.05, 4.69) is 0 Å². The third-order valence-electron chi connectivity index (χ3n) is 2.85. The molecule has 0 bridgehead atoms. The standard InChI is InChI=1S/C13H12N2O2S/c14-10-1-2-11-12(5-10)17-7-13(16)15(11)6-9-3-4-18-8-9/h1-5,8H,6-7,14H2. The number of carbonyl (C=O) groups is 1. The molecular weight excluding hydrogens is 248 g/mol. The summed E-state index contributed by atoms with van der Waals surface area (Å²) >= 11 is 1.62. The average molecular weight is 260 g/mol. The van der Waals surface area contributed by atoms with Gasteiger partial charge in [0.25, 0.3) is 5.91 Å². The highest BCUT2D eigenvalue weighted by Gasteiger charge is 2.25. The van der Waals surface area contributed by atoms with Gasteiger partial charge >= 0.3 is 0 Å². The summed E-state index contributed by atoms with van der Waals surface area (Å²) in [7, 11) is 0. The lowest BCUT2D eigenvalue weighted by atomic mass is 10.2.